The molecule has 1 atom stereocenters. The van der Waals surface area contributed by atoms with Gasteiger partial charge in [-0.25, -0.2) is 4.68 Å². The van der Waals surface area contributed by atoms with Crippen LogP contribution < -0.4 is 4.74 Å². The topological polar surface area (TPSA) is 83.7 Å². The van der Waals surface area contributed by atoms with Crippen LogP contribution in [0.1, 0.15) is 33.6 Å². The van der Waals surface area contributed by atoms with Crippen molar-refractivity contribution in [3.63, 3.8) is 0 Å². The summed E-state index contributed by atoms with van der Waals surface area (Å²) in [5, 5.41) is 19.1. The van der Waals surface area contributed by atoms with E-state index in [0.717, 1.165) is 41.1 Å². The summed E-state index contributed by atoms with van der Waals surface area (Å²) in [7, 11) is 0. The Morgan fingerprint density at radius 2 is 1.97 bits per heavy atom. The number of aliphatic hydroxyl groups is 1. The first-order valence-corrected chi connectivity index (χ1v) is 11.9. The number of benzene rings is 1. The van der Waals surface area contributed by atoms with Crippen molar-refractivity contribution in [1.82, 2.24) is 24.8 Å². The van der Waals surface area contributed by atoms with E-state index in [1.54, 1.807) is 0 Å². The van der Waals surface area contributed by atoms with E-state index in [9.17, 15) is 9.90 Å². The predicted molar refractivity (Wildman–Crippen MR) is 122 cm³/mol. The van der Waals surface area contributed by atoms with Gasteiger partial charge in [0.05, 0.1) is 9.99 Å². The number of hydrogen-bond donors (Lipinski definition) is 1. The van der Waals surface area contributed by atoms with Crippen LogP contribution in [0, 0.1) is 11.3 Å². The number of rotatable bonds is 7. The molecule has 1 aromatic heterocycles. The Morgan fingerprint density at radius 1 is 1.26 bits per heavy atom. The fourth-order valence-corrected chi connectivity index (χ4v) is 4.45. The number of aliphatic hydroxyl groups excluding tert-OH is 1. The maximum atomic E-state index is 12.4. The second-order valence-corrected chi connectivity index (χ2v) is 10.6. The molecule has 1 saturated carbocycles. The largest absolute Gasteiger partial charge is 0.490 e. The van der Waals surface area contributed by atoms with Crippen LogP contribution in [-0.2, 0) is 11.3 Å². The van der Waals surface area contributed by atoms with Crippen LogP contribution in [0.3, 0.4) is 0 Å². The van der Waals surface area contributed by atoms with Gasteiger partial charge in [-0.1, -0.05) is 26.0 Å². The third kappa shape index (κ3) is 5.38. The molecule has 0 bridgehead atoms. The van der Waals surface area contributed by atoms with Crippen molar-refractivity contribution in [3.8, 4) is 5.75 Å². The van der Waals surface area contributed by atoms with Crippen molar-refractivity contribution in [2.75, 3.05) is 39.3 Å². The van der Waals surface area contributed by atoms with Crippen LogP contribution in [0.2, 0.25) is 0 Å². The number of halogens is 1. The van der Waals surface area contributed by atoms with E-state index in [-0.39, 0.29) is 17.9 Å². The molecular formula is C22H32BrN5O3. The number of carbonyl (C=O) groups excluding carboxylic acids is 1. The molecule has 8 nitrogen and oxygen atoms in total. The summed E-state index contributed by atoms with van der Waals surface area (Å²) in [4.78, 5) is 16.5. The van der Waals surface area contributed by atoms with Crippen molar-refractivity contribution in [3.05, 3.63) is 16.6 Å². The third-order valence-electron chi connectivity index (χ3n) is 5.92. The number of hydrogen-bond acceptors (Lipinski definition) is 6. The minimum atomic E-state index is -0.613. The van der Waals surface area contributed by atoms with Gasteiger partial charge in [0.15, 0.2) is 0 Å². The fourth-order valence-electron chi connectivity index (χ4n) is 3.92. The predicted octanol–water partition coefficient (Wildman–Crippen LogP) is 2.53. The Hall–Kier alpha value is -1.71. The molecule has 2 aromatic rings. The van der Waals surface area contributed by atoms with Gasteiger partial charge in [0.1, 0.15) is 24.0 Å². The van der Waals surface area contributed by atoms with Crippen LogP contribution in [0.4, 0.5) is 0 Å². The number of piperazine rings is 1. The number of nitrogens with zero attached hydrogens (tertiary/aromatic N) is 5. The lowest BCUT2D eigenvalue weighted by molar-refractivity contribution is -0.141. The van der Waals surface area contributed by atoms with Gasteiger partial charge in [-0.3, -0.25) is 9.69 Å². The van der Waals surface area contributed by atoms with Crippen molar-refractivity contribution in [1.29, 1.82) is 0 Å². The quantitative estimate of drug-likeness (QED) is 0.637. The maximum absolute atomic E-state index is 12.4. The van der Waals surface area contributed by atoms with E-state index in [0.29, 0.717) is 25.4 Å². The van der Waals surface area contributed by atoms with E-state index >= 15 is 0 Å². The second kappa shape index (κ2) is 9.03. The third-order valence-corrected chi connectivity index (χ3v) is 6.69. The molecule has 9 heteroatoms. The Kier molecular flexibility index (Phi) is 6.55. The van der Waals surface area contributed by atoms with Crippen LogP contribution in [0.5, 0.6) is 5.75 Å². The molecule has 1 amide bonds. The molecule has 0 spiro atoms. The standard InChI is InChI=1S/C22H32BrN5O3/c1-22(2,3)21(30)27-10-8-26(9-11-27)13-16(29)14-31-18-7-6-17-20(19(18)23)24-25-28(17)12-15-4-5-15/h6-7,15-16,29H,4-5,8-14H2,1-3H3. The number of aromatic nitrogens is 3. The zero-order chi connectivity index (χ0) is 22.2. The summed E-state index contributed by atoms with van der Waals surface area (Å²) in [6.45, 7) is 10.4. The highest BCUT2D eigenvalue weighted by atomic mass is 79.9. The molecule has 0 radical (unpaired) electrons. The summed E-state index contributed by atoms with van der Waals surface area (Å²) in [6.07, 6.45) is 1.92. The summed E-state index contributed by atoms with van der Waals surface area (Å²) < 4.78 is 8.62. The van der Waals surface area contributed by atoms with Gasteiger partial charge in [-0.15, -0.1) is 5.10 Å². The molecule has 4 rings (SSSR count). The molecule has 170 valence electrons. The van der Waals surface area contributed by atoms with Crippen LogP contribution in [0.25, 0.3) is 11.0 Å². The molecule has 1 aromatic carbocycles. The van der Waals surface area contributed by atoms with Gasteiger partial charge in [-0.2, -0.15) is 0 Å². The molecular weight excluding hydrogens is 462 g/mol. The van der Waals surface area contributed by atoms with Crippen molar-refractivity contribution in [2.24, 2.45) is 11.3 Å². The number of amides is 1. The Bertz CT molecular complexity index is 929. The Morgan fingerprint density at radius 3 is 2.61 bits per heavy atom. The molecule has 2 heterocycles. The SMILES string of the molecule is CC(C)(C)C(=O)N1CCN(CC(O)COc2ccc3c(nnn3CC3CC3)c2Br)CC1. The summed E-state index contributed by atoms with van der Waals surface area (Å²) in [5.41, 5.74) is 1.43. The second-order valence-electron chi connectivity index (χ2n) is 9.77. The van der Waals surface area contributed by atoms with Crippen LogP contribution in [0.15, 0.2) is 16.6 Å². The molecule has 1 aliphatic carbocycles. The average Bonchev–Trinajstić information content (AvgIpc) is 3.45. The highest BCUT2D eigenvalue weighted by Crippen LogP contribution is 2.35. The van der Waals surface area contributed by atoms with Crippen LogP contribution >= 0.6 is 15.9 Å². The highest BCUT2D eigenvalue weighted by Gasteiger charge is 2.30. The smallest absolute Gasteiger partial charge is 0.228 e. The van der Waals surface area contributed by atoms with Crippen molar-refractivity contribution in [2.45, 2.75) is 46.3 Å². The summed E-state index contributed by atoms with van der Waals surface area (Å²) >= 11 is 3.59. The van der Waals surface area contributed by atoms with Crippen molar-refractivity contribution >= 4 is 32.9 Å². The zero-order valence-electron chi connectivity index (χ0n) is 18.6. The fraction of sp³-hybridized carbons (Fsp3) is 0.682. The Balaban J connectivity index is 1.27. The number of ether oxygens (including phenoxy) is 1. The minimum absolute atomic E-state index is 0.185. The van der Waals surface area contributed by atoms with Crippen molar-refractivity contribution < 1.29 is 14.6 Å². The van der Waals surface area contributed by atoms with Gasteiger partial charge in [0, 0.05) is 44.7 Å². The first kappa shape index (κ1) is 22.5. The minimum Gasteiger partial charge on any atom is -0.490 e. The van der Waals surface area contributed by atoms with E-state index in [1.807, 2.05) is 42.5 Å². The molecule has 1 aliphatic heterocycles. The molecule has 2 aliphatic rings. The van der Waals surface area contributed by atoms with Crippen LogP contribution in [-0.4, -0.2) is 81.2 Å². The highest BCUT2D eigenvalue weighted by molar-refractivity contribution is 9.10. The number of β-amino-alcohol motifs (C(OH)–C–C–N with tert-alkyl or cyclic N) is 1. The van der Waals surface area contributed by atoms with E-state index in [4.69, 9.17) is 4.74 Å². The van der Waals surface area contributed by atoms with Gasteiger partial charge >= 0.3 is 0 Å². The molecule has 1 saturated heterocycles. The molecule has 31 heavy (non-hydrogen) atoms. The number of carbonyl (C=O) groups is 1. The molecule has 1 N–H and O–H groups in total. The lowest BCUT2D eigenvalue weighted by atomic mass is 9.94. The number of fused-ring (bicyclic) bond motifs is 1. The summed E-state index contributed by atoms with van der Waals surface area (Å²) in [5.74, 6) is 1.57. The first-order chi connectivity index (χ1) is 14.7. The Labute approximate surface area is 191 Å². The van der Waals surface area contributed by atoms with E-state index in [1.165, 1.54) is 12.8 Å². The van der Waals surface area contributed by atoms with Gasteiger partial charge in [0.25, 0.3) is 0 Å². The first-order valence-electron chi connectivity index (χ1n) is 11.1. The normalized spacial score (nSPS) is 19.1. The lowest BCUT2D eigenvalue weighted by Crippen LogP contribution is -2.53. The molecule has 1 unspecified atom stereocenters. The van der Waals surface area contributed by atoms with Gasteiger partial charge in [0.2, 0.25) is 5.91 Å². The van der Waals surface area contributed by atoms with E-state index < -0.39 is 6.10 Å². The van der Waals surface area contributed by atoms with Gasteiger partial charge in [-0.05, 0) is 46.8 Å². The zero-order valence-corrected chi connectivity index (χ0v) is 20.1. The monoisotopic (exact) mass is 493 g/mol. The maximum Gasteiger partial charge on any atom is 0.228 e. The van der Waals surface area contributed by atoms with Gasteiger partial charge < -0.3 is 14.7 Å². The molecule has 2 fully saturated rings. The van der Waals surface area contributed by atoms with E-state index in [2.05, 4.69) is 31.1 Å². The summed E-state index contributed by atoms with van der Waals surface area (Å²) in [6, 6.07) is 3.89. The lowest BCUT2D eigenvalue weighted by Gasteiger charge is -2.38. The average molecular weight is 494 g/mol.